The third-order valence-electron chi connectivity index (χ3n) is 3.13. The van der Waals surface area contributed by atoms with Gasteiger partial charge < -0.3 is 10.0 Å². The number of amides is 1. The predicted octanol–water partition coefficient (Wildman–Crippen LogP) is 0.843. The molecule has 0 aromatic carbocycles. The lowest BCUT2D eigenvalue weighted by atomic mass is 9.99. The van der Waals surface area contributed by atoms with Gasteiger partial charge in [0.15, 0.2) is 0 Å². The Labute approximate surface area is 83.7 Å². The maximum absolute atomic E-state index is 11.5. The molecule has 2 aliphatic heterocycles. The number of nitrogens with zero attached hydrogens (tertiary/aromatic N) is 1. The summed E-state index contributed by atoms with van der Waals surface area (Å²) in [6, 6.07) is 0.0671. The summed E-state index contributed by atoms with van der Waals surface area (Å²) in [6.07, 6.45) is 2.55. The zero-order chi connectivity index (χ0) is 10.1. The molecule has 0 bridgehead atoms. The van der Waals surface area contributed by atoms with E-state index in [0.717, 1.165) is 31.4 Å². The summed E-state index contributed by atoms with van der Waals surface area (Å²) in [7, 11) is 0. The van der Waals surface area contributed by atoms with Crippen molar-refractivity contribution in [3.63, 3.8) is 0 Å². The number of hydrogen-bond donors (Lipinski definition) is 1. The average Bonchev–Trinajstić information content (AvgIpc) is 2.45. The van der Waals surface area contributed by atoms with Gasteiger partial charge >= 0.3 is 0 Å². The minimum Gasteiger partial charge on any atom is -0.388 e. The third kappa shape index (κ3) is 1.39. The van der Waals surface area contributed by atoms with Crippen molar-refractivity contribution in [3.8, 4) is 0 Å². The van der Waals surface area contributed by atoms with E-state index in [1.165, 1.54) is 0 Å². The van der Waals surface area contributed by atoms with Crippen molar-refractivity contribution in [1.29, 1.82) is 0 Å². The second kappa shape index (κ2) is 3.60. The predicted molar refractivity (Wildman–Crippen MR) is 52.6 cm³/mol. The maximum Gasteiger partial charge on any atom is 0.223 e. The molecule has 2 aliphatic rings. The van der Waals surface area contributed by atoms with Crippen LogP contribution in [0.3, 0.4) is 0 Å². The molecule has 0 aliphatic carbocycles. The molecular formula is C11H15NO2. The van der Waals surface area contributed by atoms with Gasteiger partial charge in [0.05, 0.1) is 12.1 Å². The van der Waals surface area contributed by atoms with Gasteiger partial charge in [-0.25, -0.2) is 0 Å². The van der Waals surface area contributed by atoms with Gasteiger partial charge in [0.2, 0.25) is 5.91 Å². The van der Waals surface area contributed by atoms with E-state index >= 15 is 0 Å². The topological polar surface area (TPSA) is 40.5 Å². The van der Waals surface area contributed by atoms with Crippen LogP contribution in [0.25, 0.3) is 0 Å². The molecule has 2 heterocycles. The van der Waals surface area contributed by atoms with E-state index < -0.39 is 6.10 Å². The molecule has 2 fully saturated rings. The summed E-state index contributed by atoms with van der Waals surface area (Å²) in [5.74, 6) is 0.205. The number of aliphatic hydroxyl groups excluding tert-OH is 1. The van der Waals surface area contributed by atoms with Crippen LogP contribution in [0.15, 0.2) is 17.9 Å². The van der Waals surface area contributed by atoms with E-state index in [1.54, 1.807) is 0 Å². The molecule has 76 valence electrons. The van der Waals surface area contributed by atoms with E-state index in [4.69, 9.17) is 0 Å². The number of hydrogen-bond acceptors (Lipinski definition) is 2. The molecule has 14 heavy (non-hydrogen) atoms. The van der Waals surface area contributed by atoms with Crippen LogP contribution in [0, 0.1) is 0 Å². The standard InChI is InChI=1S/C11H15NO2/c1-2-8-9-5-6-11(14)12(9)7-3-4-10(8)13/h9-10,13H,1,3-7H2/t9-,10-/m0/s1. The minimum atomic E-state index is -0.451. The lowest BCUT2D eigenvalue weighted by Gasteiger charge is -2.23. The van der Waals surface area contributed by atoms with Gasteiger partial charge in [-0.2, -0.15) is 0 Å². The Hall–Kier alpha value is -1.05. The SMILES string of the molecule is C=C=C1[C@@H](O)CCCN2C(=O)CC[C@@H]12. The first kappa shape index (κ1) is 9.50. The normalized spacial score (nSPS) is 32.5. The average molecular weight is 193 g/mol. The second-order valence-corrected chi connectivity index (χ2v) is 3.93. The van der Waals surface area contributed by atoms with Crippen LogP contribution in [-0.4, -0.2) is 34.6 Å². The molecule has 2 saturated heterocycles. The number of aliphatic hydroxyl groups is 1. The summed E-state index contributed by atoms with van der Waals surface area (Å²) >= 11 is 0. The van der Waals surface area contributed by atoms with Crippen LogP contribution in [0.2, 0.25) is 0 Å². The van der Waals surface area contributed by atoms with E-state index in [2.05, 4.69) is 12.3 Å². The van der Waals surface area contributed by atoms with Gasteiger partial charge in [-0.1, -0.05) is 6.58 Å². The van der Waals surface area contributed by atoms with Crippen molar-refractivity contribution < 1.29 is 9.90 Å². The lowest BCUT2D eigenvalue weighted by Crippen LogP contribution is -2.34. The largest absolute Gasteiger partial charge is 0.388 e. The van der Waals surface area contributed by atoms with Gasteiger partial charge in [-0.3, -0.25) is 4.79 Å². The monoisotopic (exact) mass is 193 g/mol. The summed E-state index contributed by atoms with van der Waals surface area (Å²) < 4.78 is 0. The Balaban J connectivity index is 2.31. The van der Waals surface area contributed by atoms with Crippen molar-refractivity contribution in [3.05, 3.63) is 17.9 Å². The van der Waals surface area contributed by atoms with Crippen LogP contribution in [-0.2, 0) is 4.79 Å². The molecule has 2 atom stereocenters. The molecule has 0 unspecified atom stereocenters. The second-order valence-electron chi connectivity index (χ2n) is 3.93. The quantitative estimate of drug-likeness (QED) is 0.579. The summed E-state index contributed by atoms with van der Waals surface area (Å²) in [6.45, 7) is 4.37. The first-order valence-electron chi connectivity index (χ1n) is 5.11. The van der Waals surface area contributed by atoms with Crippen LogP contribution in [0.5, 0.6) is 0 Å². The number of carbonyl (C=O) groups excluding carboxylic acids is 1. The highest BCUT2D eigenvalue weighted by molar-refractivity contribution is 5.79. The molecule has 2 rings (SSSR count). The van der Waals surface area contributed by atoms with E-state index in [9.17, 15) is 9.90 Å². The number of carbonyl (C=O) groups is 1. The molecule has 1 amide bonds. The van der Waals surface area contributed by atoms with Gasteiger partial charge in [0.25, 0.3) is 0 Å². The highest BCUT2D eigenvalue weighted by Gasteiger charge is 2.37. The van der Waals surface area contributed by atoms with E-state index in [1.807, 2.05) is 4.90 Å². The van der Waals surface area contributed by atoms with Gasteiger partial charge in [0.1, 0.15) is 0 Å². The molecular weight excluding hydrogens is 178 g/mol. The zero-order valence-corrected chi connectivity index (χ0v) is 8.20. The van der Waals surface area contributed by atoms with E-state index in [0.29, 0.717) is 6.42 Å². The molecule has 0 saturated carbocycles. The lowest BCUT2D eigenvalue weighted by molar-refractivity contribution is -0.128. The first-order valence-corrected chi connectivity index (χ1v) is 5.11. The minimum absolute atomic E-state index is 0.0671. The van der Waals surface area contributed by atoms with Gasteiger partial charge in [0, 0.05) is 18.5 Å². The van der Waals surface area contributed by atoms with Crippen molar-refractivity contribution in [2.45, 2.75) is 37.8 Å². The van der Waals surface area contributed by atoms with Crippen molar-refractivity contribution in [2.75, 3.05) is 6.54 Å². The summed E-state index contributed by atoms with van der Waals surface area (Å²) in [5.41, 5.74) is 3.62. The van der Waals surface area contributed by atoms with Crippen molar-refractivity contribution in [1.82, 2.24) is 4.90 Å². The molecule has 0 radical (unpaired) electrons. The fourth-order valence-electron chi connectivity index (χ4n) is 2.41. The number of rotatable bonds is 0. The highest BCUT2D eigenvalue weighted by Crippen LogP contribution is 2.30. The third-order valence-corrected chi connectivity index (χ3v) is 3.13. The summed E-state index contributed by atoms with van der Waals surface area (Å²) in [5, 5.41) is 9.80. The summed E-state index contributed by atoms with van der Waals surface area (Å²) in [4.78, 5) is 13.4. The number of fused-ring (bicyclic) bond motifs is 1. The Morgan fingerprint density at radius 1 is 1.50 bits per heavy atom. The fourth-order valence-corrected chi connectivity index (χ4v) is 2.41. The zero-order valence-electron chi connectivity index (χ0n) is 8.20. The Bertz CT molecular complexity index is 304. The Morgan fingerprint density at radius 3 is 3.00 bits per heavy atom. The van der Waals surface area contributed by atoms with Crippen LogP contribution in [0.4, 0.5) is 0 Å². The van der Waals surface area contributed by atoms with Crippen LogP contribution >= 0.6 is 0 Å². The molecule has 1 N–H and O–H groups in total. The van der Waals surface area contributed by atoms with Crippen molar-refractivity contribution >= 4 is 5.91 Å². The fraction of sp³-hybridized carbons (Fsp3) is 0.636. The van der Waals surface area contributed by atoms with Crippen LogP contribution < -0.4 is 0 Å². The Kier molecular flexibility index (Phi) is 2.44. The molecule has 3 heteroatoms. The highest BCUT2D eigenvalue weighted by atomic mass is 16.3. The maximum atomic E-state index is 11.5. The van der Waals surface area contributed by atoms with Gasteiger partial charge in [-0.15, -0.1) is 5.73 Å². The Morgan fingerprint density at radius 2 is 2.29 bits per heavy atom. The molecule has 0 spiro atoms. The molecule has 0 aromatic rings. The molecule has 3 nitrogen and oxygen atoms in total. The van der Waals surface area contributed by atoms with Gasteiger partial charge in [-0.05, 0) is 19.3 Å². The molecule has 0 aromatic heterocycles. The first-order chi connectivity index (χ1) is 6.74. The van der Waals surface area contributed by atoms with Crippen LogP contribution in [0.1, 0.15) is 25.7 Å². The smallest absolute Gasteiger partial charge is 0.223 e. The van der Waals surface area contributed by atoms with Crippen molar-refractivity contribution in [2.24, 2.45) is 0 Å². The van der Waals surface area contributed by atoms with E-state index in [-0.39, 0.29) is 11.9 Å².